The molecule has 0 aromatic carbocycles. The maximum atomic E-state index is 13.4. The molecule has 1 aliphatic heterocycles. The minimum Gasteiger partial charge on any atom is -0.344 e. The number of aryl methyl sites for hydroxylation is 1. The molecule has 34 heavy (non-hydrogen) atoms. The Kier molecular flexibility index (Phi) is 6.25. The number of aromatic nitrogens is 5. The van der Waals surface area contributed by atoms with Crippen LogP contribution in [0.2, 0.25) is 0 Å². The van der Waals surface area contributed by atoms with E-state index >= 15 is 0 Å². The highest BCUT2D eigenvalue weighted by atomic mass is 16.2. The molecule has 0 atom stereocenters. The van der Waals surface area contributed by atoms with E-state index in [1.54, 1.807) is 12.4 Å². The quantitative estimate of drug-likeness (QED) is 0.438. The summed E-state index contributed by atoms with van der Waals surface area (Å²) in [6, 6.07) is 12.0. The van der Waals surface area contributed by atoms with Gasteiger partial charge in [0.25, 0.3) is 5.91 Å². The second-order valence-electron chi connectivity index (χ2n) is 9.03. The van der Waals surface area contributed by atoms with Gasteiger partial charge >= 0.3 is 0 Å². The Hall–Kier alpha value is -3.74. The van der Waals surface area contributed by atoms with Gasteiger partial charge in [-0.3, -0.25) is 14.8 Å². The van der Waals surface area contributed by atoms with Crippen LogP contribution in [0.3, 0.4) is 0 Å². The smallest absolute Gasteiger partial charge is 0.255 e. The summed E-state index contributed by atoms with van der Waals surface area (Å²) < 4.78 is 4.40. The second kappa shape index (κ2) is 9.63. The molecular weight excluding hydrogens is 424 g/mol. The van der Waals surface area contributed by atoms with Gasteiger partial charge in [-0.15, -0.1) is 0 Å². The molecular formula is C27H30N6O. The molecule has 7 heteroatoms. The van der Waals surface area contributed by atoms with Gasteiger partial charge in [-0.25, -0.2) is 4.98 Å². The van der Waals surface area contributed by atoms with Crippen molar-refractivity contribution in [1.29, 1.82) is 0 Å². The molecule has 174 valence electrons. The number of likely N-dealkylation sites (tertiary alicyclic amines) is 1. The topological polar surface area (TPSA) is 68.8 Å². The lowest BCUT2D eigenvalue weighted by Gasteiger charge is -2.32. The molecule has 0 N–H and O–H groups in total. The lowest BCUT2D eigenvalue weighted by Crippen LogP contribution is -2.38. The number of imidazole rings is 1. The number of pyridine rings is 2. The van der Waals surface area contributed by atoms with Crippen molar-refractivity contribution < 1.29 is 4.79 Å². The summed E-state index contributed by atoms with van der Waals surface area (Å²) >= 11 is 0. The van der Waals surface area contributed by atoms with E-state index in [1.807, 2.05) is 66.8 Å². The number of rotatable bonds is 6. The van der Waals surface area contributed by atoms with Crippen molar-refractivity contribution in [2.24, 2.45) is 0 Å². The molecule has 0 radical (unpaired) electrons. The number of hydrogen-bond donors (Lipinski definition) is 0. The number of amides is 1. The predicted molar refractivity (Wildman–Crippen MR) is 131 cm³/mol. The average Bonchev–Trinajstić information content (AvgIpc) is 3.44. The predicted octanol–water partition coefficient (Wildman–Crippen LogP) is 4.21. The maximum absolute atomic E-state index is 13.4. The monoisotopic (exact) mass is 454 g/mol. The van der Waals surface area contributed by atoms with Crippen LogP contribution in [0.5, 0.6) is 0 Å². The van der Waals surface area contributed by atoms with E-state index in [2.05, 4.69) is 31.0 Å². The highest BCUT2D eigenvalue weighted by Gasteiger charge is 2.28. The van der Waals surface area contributed by atoms with Gasteiger partial charge in [-0.1, -0.05) is 6.07 Å². The molecule has 0 aliphatic carbocycles. The van der Waals surface area contributed by atoms with E-state index < -0.39 is 0 Å². The maximum Gasteiger partial charge on any atom is 0.255 e. The average molecular weight is 455 g/mol. The summed E-state index contributed by atoms with van der Waals surface area (Å²) in [5.74, 6) is 1.57. The van der Waals surface area contributed by atoms with Crippen molar-refractivity contribution in [3.8, 4) is 0 Å². The molecule has 1 aliphatic rings. The molecule has 4 aromatic heterocycles. The lowest BCUT2D eigenvalue weighted by atomic mass is 9.95. The molecule has 1 amide bonds. The molecule has 0 unspecified atom stereocenters. The Bertz CT molecular complexity index is 1250. The van der Waals surface area contributed by atoms with E-state index in [0.29, 0.717) is 5.92 Å². The molecule has 7 nitrogen and oxygen atoms in total. The van der Waals surface area contributed by atoms with E-state index in [-0.39, 0.29) is 5.91 Å². The molecule has 0 spiro atoms. The summed E-state index contributed by atoms with van der Waals surface area (Å²) in [6.07, 6.45) is 11.2. The van der Waals surface area contributed by atoms with Crippen LogP contribution in [0.25, 0.3) is 0 Å². The molecule has 0 bridgehead atoms. The third kappa shape index (κ3) is 4.51. The number of piperidine rings is 1. The first-order valence-corrected chi connectivity index (χ1v) is 11.9. The van der Waals surface area contributed by atoms with Crippen LogP contribution in [-0.2, 0) is 13.1 Å². The fourth-order valence-corrected chi connectivity index (χ4v) is 4.92. The van der Waals surface area contributed by atoms with Gasteiger partial charge in [-0.05, 0) is 62.6 Å². The Labute approximate surface area is 200 Å². The highest BCUT2D eigenvalue weighted by Crippen LogP contribution is 2.29. The van der Waals surface area contributed by atoms with Crippen LogP contribution < -0.4 is 0 Å². The van der Waals surface area contributed by atoms with Crippen LogP contribution in [0.4, 0.5) is 0 Å². The SMILES string of the molecule is Cc1cc(C(=O)N2CCC(c3nccn3Cc3ccccn3)CC2)c(C)n1Cc1ccncc1. The summed E-state index contributed by atoms with van der Waals surface area (Å²) in [6.45, 7) is 7.07. The van der Waals surface area contributed by atoms with E-state index in [1.165, 1.54) is 5.56 Å². The number of carbonyl (C=O) groups is 1. The summed E-state index contributed by atoms with van der Waals surface area (Å²) in [4.78, 5) is 28.6. The third-order valence-electron chi connectivity index (χ3n) is 6.85. The number of nitrogens with zero attached hydrogens (tertiary/aromatic N) is 6. The van der Waals surface area contributed by atoms with Gasteiger partial charge < -0.3 is 14.0 Å². The van der Waals surface area contributed by atoms with E-state index in [9.17, 15) is 4.79 Å². The Balaban J connectivity index is 1.25. The largest absolute Gasteiger partial charge is 0.344 e. The zero-order valence-corrected chi connectivity index (χ0v) is 19.8. The van der Waals surface area contributed by atoms with Crippen LogP contribution in [-0.4, -0.2) is 48.0 Å². The Morgan fingerprint density at radius 3 is 2.50 bits per heavy atom. The molecule has 0 saturated carbocycles. The van der Waals surface area contributed by atoms with Crippen LogP contribution in [0.15, 0.2) is 67.4 Å². The van der Waals surface area contributed by atoms with Gasteiger partial charge in [0.05, 0.1) is 17.8 Å². The number of carbonyl (C=O) groups excluding carboxylic acids is 1. The highest BCUT2D eigenvalue weighted by molar-refractivity contribution is 5.95. The lowest BCUT2D eigenvalue weighted by molar-refractivity contribution is 0.0709. The van der Waals surface area contributed by atoms with E-state index in [4.69, 9.17) is 0 Å². The first-order valence-electron chi connectivity index (χ1n) is 11.9. The molecule has 4 aromatic rings. The zero-order chi connectivity index (χ0) is 23.5. The Morgan fingerprint density at radius 1 is 0.971 bits per heavy atom. The standard InChI is InChI=1S/C27H30N6O/c1-20-17-25(21(2)33(20)18-22-6-11-28-12-7-22)27(34)31-14-8-23(9-15-31)26-30-13-16-32(26)19-24-5-3-4-10-29-24/h3-7,10-13,16-17,23H,8-9,14-15,18-19H2,1-2H3. The van der Waals surface area contributed by atoms with Crippen molar-refractivity contribution >= 4 is 5.91 Å². The zero-order valence-electron chi connectivity index (χ0n) is 19.8. The summed E-state index contributed by atoms with van der Waals surface area (Å²) in [5, 5.41) is 0. The molecule has 1 saturated heterocycles. The van der Waals surface area contributed by atoms with Crippen molar-refractivity contribution in [2.75, 3.05) is 13.1 Å². The van der Waals surface area contributed by atoms with Crippen molar-refractivity contribution in [3.05, 3.63) is 101 Å². The van der Waals surface area contributed by atoms with Crippen molar-refractivity contribution in [1.82, 2.24) is 29.0 Å². The minimum atomic E-state index is 0.129. The summed E-state index contributed by atoms with van der Waals surface area (Å²) in [7, 11) is 0. The van der Waals surface area contributed by atoms with Gasteiger partial charge in [0.2, 0.25) is 0 Å². The fourth-order valence-electron chi connectivity index (χ4n) is 4.92. The Morgan fingerprint density at radius 2 is 1.76 bits per heavy atom. The number of hydrogen-bond acceptors (Lipinski definition) is 4. The van der Waals surface area contributed by atoms with Gasteiger partial charge in [-0.2, -0.15) is 0 Å². The van der Waals surface area contributed by atoms with Gasteiger partial charge in [0.15, 0.2) is 0 Å². The molecule has 5 rings (SSSR count). The molecule has 1 fully saturated rings. The molecule has 5 heterocycles. The second-order valence-corrected chi connectivity index (χ2v) is 9.03. The van der Waals surface area contributed by atoms with Crippen LogP contribution in [0, 0.1) is 13.8 Å². The normalized spacial score (nSPS) is 14.5. The van der Waals surface area contributed by atoms with Crippen molar-refractivity contribution in [3.63, 3.8) is 0 Å². The fraction of sp³-hybridized carbons (Fsp3) is 0.333. The first-order chi connectivity index (χ1) is 16.6. The third-order valence-corrected chi connectivity index (χ3v) is 6.85. The van der Waals surface area contributed by atoms with Crippen LogP contribution >= 0.6 is 0 Å². The minimum absolute atomic E-state index is 0.129. The van der Waals surface area contributed by atoms with Gasteiger partial charge in [0.1, 0.15) is 5.82 Å². The van der Waals surface area contributed by atoms with Gasteiger partial charge in [0, 0.05) is 67.9 Å². The first kappa shape index (κ1) is 22.1. The van der Waals surface area contributed by atoms with E-state index in [0.717, 1.165) is 67.5 Å². The summed E-state index contributed by atoms with van der Waals surface area (Å²) in [5.41, 5.74) is 5.13. The van der Waals surface area contributed by atoms with Crippen molar-refractivity contribution in [2.45, 2.75) is 45.7 Å². The van der Waals surface area contributed by atoms with Crippen LogP contribution in [0.1, 0.15) is 57.6 Å².